The molecule has 0 fully saturated rings. The molecule has 1 aromatic carbocycles. The molecule has 0 saturated heterocycles. The van der Waals surface area contributed by atoms with E-state index >= 15 is 0 Å². The van der Waals surface area contributed by atoms with Crippen molar-refractivity contribution in [1.29, 1.82) is 0 Å². The minimum atomic E-state index is -0.497. The minimum Gasteiger partial charge on any atom is -0.506 e. The summed E-state index contributed by atoms with van der Waals surface area (Å²) >= 11 is 3.10. The lowest BCUT2D eigenvalue weighted by atomic mass is 9.97. The molecular formula is C12H17BrN2O3. The first kappa shape index (κ1) is 14.9. The summed E-state index contributed by atoms with van der Waals surface area (Å²) in [6.45, 7) is 4.16. The molecule has 0 aliphatic heterocycles. The summed E-state index contributed by atoms with van der Waals surface area (Å²) in [4.78, 5) is 10.3. The number of rotatable bonds is 5. The zero-order valence-corrected chi connectivity index (χ0v) is 12.0. The van der Waals surface area contributed by atoms with Crippen LogP contribution in [0.2, 0.25) is 0 Å². The predicted molar refractivity (Wildman–Crippen MR) is 73.5 cm³/mol. The maximum absolute atomic E-state index is 10.8. The Bertz CT molecular complexity index is 449. The van der Waals surface area contributed by atoms with E-state index < -0.39 is 11.0 Å². The summed E-state index contributed by atoms with van der Waals surface area (Å²) in [5.74, 6) is 0.484. The van der Waals surface area contributed by atoms with Crippen molar-refractivity contribution in [3.8, 4) is 5.75 Å². The van der Waals surface area contributed by atoms with E-state index in [1.54, 1.807) is 0 Å². The largest absolute Gasteiger partial charge is 0.506 e. The number of nitro benzene ring substituents is 1. The summed E-state index contributed by atoms with van der Waals surface area (Å²) in [6, 6.07) is 2.21. The summed E-state index contributed by atoms with van der Waals surface area (Å²) < 4.78 is 0.298. The van der Waals surface area contributed by atoms with E-state index in [9.17, 15) is 15.2 Å². The summed E-state index contributed by atoms with van der Waals surface area (Å²) in [5, 5.41) is 20.7. The molecule has 6 heteroatoms. The zero-order valence-electron chi connectivity index (χ0n) is 10.4. The van der Waals surface area contributed by atoms with Gasteiger partial charge in [0.25, 0.3) is 5.69 Å². The van der Waals surface area contributed by atoms with E-state index in [0.29, 0.717) is 22.4 Å². The van der Waals surface area contributed by atoms with Crippen LogP contribution in [0.5, 0.6) is 5.75 Å². The van der Waals surface area contributed by atoms with Gasteiger partial charge in [0, 0.05) is 23.7 Å². The molecule has 0 aromatic heterocycles. The Morgan fingerprint density at radius 2 is 2.06 bits per heavy atom. The Morgan fingerprint density at radius 1 is 1.44 bits per heavy atom. The van der Waals surface area contributed by atoms with Crippen molar-refractivity contribution in [2.75, 3.05) is 0 Å². The van der Waals surface area contributed by atoms with Crippen molar-refractivity contribution in [3.63, 3.8) is 0 Å². The molecule has 100 valence electrons. The number of non-ortho nitro benzene ring substituents is 1. The molecule has 0 unspecified atom stereocenters. The Hall–Kier alpha value is -1.14. The number of nitrogens with two attached hydrogens (primary N) is 1. The van der Waals surface area contributed by atoms with E-state index in [1.165, 1.54) is 12.1 Å². The number of nitrogens with zero attached hydrogens (tertiary/aromatic N) is 1. The molecule has 0 spiro atoms. The zero-order chi connectivity index (χ0) is 13.9. The number of nitro groups is 1. The summed E-state index contributed by atoms with van der Waals surface area (Å²) in [6.07, 6.45) is 1.58. The fourth-order valence-corrected chi connectivity index (χ4v) is 2.13. The maximum Gasteiger partial charge on any atom is 0.271 e. The van der Waals surface area contributed by atoms with E-state index in [4.69, 9.17) is 5.73 Å². The Kier molecular flexibility index (Phi) is 5.10. The quantitative estimate of drug-likeness (QED) is 0.642. The first-order valence-electron chi connectivity index (χ1n) is 5.75. The summed E-state index contributed by atoms with van der Waals surface area (Å²) in [5.41, 5.74) is 6.32. The number of phenolic OH excluding ortho intramolecular Hbond substituents is 1. The topological polar surface area (TPSA) is 89.4 Å². The van der Waals surface area contributed by atoms with E-state index in [-0.39, 0.29) is 11.4 Å². The van der Waals surface area contributed by atoms with Gasteiger partial charge < -0.3 is 10.8 Å². The minimum absolute atomic E-state index is 0.0168. The average molecular weight is 317 g/mol. The highest BCUT2D eigenvalue weighted by atomic mass is 79.9. The highest BCUT2D eigenvalue weighted by Gasteiger charge is 2.19. The Morgan fingerprint density at radius 3 is 2.56 bits per heavy atom. The van der Waals surface area contributed by atoms with Crippen LogP contribution < -0.4 is 5.73 Å². The molecule has 1 aromatic rings. The van der Waals surface area contributed by atoms with Gasteiger partial charge in [-0.15, -0.1) is 0 Å². The molecule has 0 saturated carbocycles. The number of halogens is 1. The van der Waals surface area contributed by atoms with Crippen molar-refractivity contribution in [2.24, 2.45) is 11.7 Å². The lowest BCUT2D eigenvalue weighted by molar-refractivity contribution is -0.385. The molecule has 18 heavy (non-hydrogen) atoms. The fourth-order valence-electron chi connectivity index (χ4n) is 1.66. The van der Waals surface area contributed by atoms with Crippen molar-refractivity contribution >= 4 is 21.6 Å². The molecule has 0 amide bonds. The standard InChI is InChI=1S/C12H17BrN2O3/c1-7(2)3-4-11(14)9-5-8(15(17)18)6-10(13)12(9)16/h5-7,11,16H,3-4,14H2,1-2H3/t11-/m0/s1. The van der Waals surface area contributed by atoms with Crippen LogP contribution in [-0.4, -0.2) is 10.0 Å². The van der Waals surface area contributed by atoms with Gasteiger partial charge in [0.2, 0.25) is 0 Å². The van der Waals surface area contributed by atoms with Crippen molar-refractivity contribution in [3.05, 3.63) is 32.3 Å². The van der Waals surface area contributed by atoms with Gasteiger partial charge in [-0.1, -0.05) is 13.8 Å². The van der Waals surface area contributed by atoms with Gasteiger partial charge in [-0.3, -0.25) is 10.1 Å². The van der Waals surface area contributed by atoms with Gasteiger partial charge in [0.15, 0.2) is 0 Å². The second kappa shape index (κ2) is 6.15. The van der Waals surface area contributed by atoms with E-state index in [2.05, 4.69) is 29.8 Å². The van der Waals surface area contributed by atoms with Gasteiger partial charge in [0.1, 0.15) is 5.75 Å². The van der Waals surface area contributed by atoms with Crippen LogP contribution in [0.15, 0.2) is 16.6 Å². The molecule has 0 aliphatic rings. The molecule has 0 radical (unpaired) electrons. The van der Waals surface area contributed by atoms with Gasteiger partial charge >= 0.3 is 0 Å². The van der Waals surface area contributed by atoms with Crippen LogP contribution in [0.3, 0.4) is 0 Å². The lowest BCUT2D eigenvalue weighted by Crippen LogP contribution is -2.12. The number of phenols is 1. The molecule has 0 heterocycles. The number of hydrogen-bond acceptors (Lipinski definition) is 4. The third-order valence-corrected chi connectivity index (χ3v) is 3.35. The first-order chi connectivity index (χ1) is 8.32. The fraction of sp³-hybridized carbons (Fsp3) is 0.500. The van der Waals surface area contributed by atoms with Crippen molar-refractivity contribution < 1.29 is 10.0 Å². The predicted octanol–water partition coefficient (Wildman–Crippen LogP) is 3.50. The highest BCUT2D eigenvalue weighted by Crippen LogP contribution is 2.36. The van der Waals surface area contributed by atoms with E-state index in [1.807, 2.05) is 0 Å². The SMILES string of the molecule is CC(C)CC[C@H](N)c1cc([N+](=O)[O-])cc(Br)c1O. The number of hydrogen-bond donors (Lipinski definition) is 2. The molecule has 0 bridgehead atoms. The Labute approximate surface area is 114 Å². The van der Waals surface area contributed by atoms with Crippen LogP contribution in [0.4, 0.5) is 5.69 Å². The van der Waals surface area contributed by atoms with Crippen LogP contribution in [0.1, 0.15) is 38.3 Å². The first-order valence-corrected chi connectivity index (χ1v) is 6.54. The second-order valence-electron chi connectivity index (χ2n) is 4.70. The smallest absolute Gasteiger partial charge is 0.271 e. The lowest BCUT2D eigenvalue weighted by Gasteiger charge is -2.15. The molecule has 1 atom stereocenters. The van der Waals surface area contributed by atoms with Gasteiger partial charge in [-0.2, -0.15) is 0 Å². The Balaban J connectivity index is 3.03. The van der Waals surface area contributed by atoms with Gasteiger partial charge in [0.05, 0.1) is 9.40 Å². The van der Waals surface area contributed by atoms with E-state index in [0.717, 1.165) is 6.42 Å². The molecular weight excluding hydrogens is 300 g/mol. The van der Waals surface area contributed by atoms with Gasteiger partial charge in [-0.05, 0) is 34.7 Å². The van der Waals surface area contributed by atoms with Crippen LogP contribution in [0.25, 0.3) is 0 Å². The second-order valence-corrected chi connectivity index (χ2v) is 5.55. The molecule has 1 rings (SSSR count). The van der Waals surface area contributed by atoms with Crippen molar-refractivity contribution in [2.45, 2.75) is 32.7 Å². The molecule has 5 nitrogen and oxygen atoms in total. The van der Waals surface area contributed by atoms with Gasteiger partial charge in [-0.25, -0.2) is 0 Å². The maximum atomic E-state index is 10.8. The third-order valence-electron chi connectivity index (χ3n) is 2.74. The highest BCUT2D eigenvalue weighted by molar-refractivity contribution is 9.10. The molecule has 0 aliphatic carbocycles. The normalized spacial score (nSPS) is 12.7. The molecule has 3 N–H and O–H groups in total. The van der Waals surface area contributed by atoms with Crippen LogP contribution in [-0.2, 0) is 0 Å². The summed E-state index contributed by atoms with van der Waals surface area (Å²) in [7, 11) is 0. The monoisotopic (exact) mass is 316 g/mol. The van der Waals surface area contributed by atoms with Crippen LogP contribution >= 0.6 is 15.9 Å². The third kappa shape index (κ3) is 3.68. The average Bonchev–Trinajstić information content (AvgIpc) is 2.29. The van der Waals surface area contributed by atoms with Crippen molar-refractivity contribution in [1.82, 2.24) is 0 Å². The number of benzene rings is 1. The van der Waals surface area contributed by atoms with Crippen LogP contribution in [0, 0.1) is 16.0 Å². The number of aromatic hydroxyl groups is 1.